The van der Waals surface area contributed by atoms with Crippen LogP contribution in [0.1, 0.15) is 24.4 Å². The number of aromatic nitrogens is 3. The summed E-state index contributed by atoms with van der Waals surface area (Å²) < 4.78 is 1.78. The maximum absolute atomic E-state index is 6.19. The maximum Gasteiger partial charge on any atom is 0.0824 e. The Hall–Kier alpha value is -1.35. The summed E-state index contributed by atoms with van der Waals surface area (Å²) in [4.78, 5) is 0. The first-order valence-electron chi connectivity index (χ1n) is 4.93. The van der Waals surface area contributed by atoms with Gasteiger partial charge in [-0.2, -0.15) is 0 Å². The van der Waals surface area contributed by atoms with Gasteiger partial charge in [0.05, 0.1) is 23.0 Å². The Morgan fingerprint density at radius 1 is 1.33 bits per heavy atom. The second-order valence-corrected chi connectivity index (χ2v) is 3.81. The fourth-order valence-corrected chi connectivity index (χ4v) is 1.58. The fraction of sp³-hybridized carbons (Fsp3) is 0.273. The molecular weight excluding hydrogens is 210 g/mol. The minimum atomic E-state index is -0.0415. The van der Waals surface area contributed by atoms with Crippen LogP contribution < -0.4 is 0 Å². The first-order valence-corrected chi connectivity index (χ1v) is 5.36. The number of alkyl halides is 1. The molecule has 0 radical (unpaired) electrons. The molecule has 0 spiro atoms. The Morgan fingerprint density at radius 2 is 2.07 bits per heavy atom. The van der Waals surface area contributed by atoms with Gasteiger partial charge >= 0.3 is 0 Å². The third-order valence-electron chi connectivity index (χ3n) is 2.26. The van der Waals surface area contributed by atoms with Gasteiger partial charge in [0.2, 0.25) is 0 Å². The number of para-hydroxylation sites is 1. The number of rotatable bonds is 3. The molecule has 15 heavy (non-hydrogen) atoms. The summed E-state index contributed by atoms with van der Waals surface area (Å²) in [5.41, 5.74) is 1.93. The highest BCUT2D eigenvalue weighted by Gasteiger charge is 2.13. The third kappa shape index (κ3) is 2.02. The molecule has 2 aromatic rings. The van der Waals surface area contributed by atoms with Crippen LogP contribution in [0.3, 0.4) is 0 Å². The maximum atomic E-state index is 6.19. The van der Waals surface area contributed by atoms with Crippen molar-refractivity contribution in [2.45, 2.75) is 18.7 Å². The summed E-state index contributed by atoms with van der Waals surface area (Å²) in [6, 6.07) is 9.87. The van der Waals surface area contributed by atoms with E-state index in [0.29, 0.717) is 0 Å². The van der Waals surface area contributed by atoms with E-state index >= 15 is 0 Å². The zero-order valence-corrected chi connectivity index (χ0v) is 9.22. The summed E-state index contributed by atoms with van der Waals surface area (Å²) >= 11 is 6.19. The Kier molecular flexibility index (Phi) is 3.02. The van der Waals surface area contributed by atoms with E-state index in [1.54, 1.807) is 10.9 Å². The Morgan fingerprint density at radius 3 is 2.73 bits per heavy atom. The molecule has 0 aliphatic heterocycles. The van der Waals surface area contributed by atoms with Gasteiger partial charge in [-0.1, -0.05) is 30.3 Å². The molecule has 0 saturated carbocycles. The molecule has 0 bridgehead atoms. The van der Waals surface area contributed by atoms with Crippen molar-refractivity contribution in [3.63, 3.8) is 0 Å². The predicted molar refractivity (Wildman–Crippen MR) is 60.2 cm³/mol. The molecule has 0 saturated heterocycles. The van der Waals surface area contributed by atoms with Crippen molar-refractivity contribution in [3.8, 4) is 5.69 Å². The Labute approximate surface area is 93.7 Å². The highest BCUT2D eigenvalue weighted by Crippen LogP contribution is 2.24. The van der Waals surface area contributed by atoms with E-state index in [2.05, 4.69) is 10.3 Å². The SMILES string of the molecule is CCC(Cl)c1cnnn1-c1ccccc1. The lowest BCUT2D eigenvalue weighted by Gasteiger charge is -2.08. The van der Waals surface area contributed by atoms with Crippen molar-refractivity contribution in [1.29, 1.82) is 0 Å². The highest BCUT2D eigenvalue weighted by molar-refractivity contribution is 6.20. The third-order valence-corrected chi connectivity index (χ3v) is 2.79. The van der Waals surface area contributed by atoms with Crippen molar-refractivity contribution < 1.29 is 0 Å². The first kappa shape index (κ1) is 10.2. The van der Waals surface area contributed by atoms with Crippen molar-refractivity contribution in [3.05, 3.63) is 42.2 Å². The van der Waals surface area contributed by atoms with Gasteiger partial charge in [-0.25, -0.2) is 4.68 Å². The van der Waals surface area contributed by atoms with E-state index in [1.807, 2.05) is 37.3 Å². The average molecular weight is 222 g/mol. The molecule has 2 rings (SSSR count). The summed E-state index contributed by atoms with van der Waals surface area (Å²) in [6.45, 7) is 2.04. The summed E-state index contributed by atoms with van der Waals surface area (Å²) in [5, 5.41) is 7.89. The van der Waals surface area contributed by atoms with Crippen LogP contribution in [0.2, 0.25) is 0 Å². The summed E-state index contributed by atoms with van der Waals surface area (Å²) in [6.07, 6.45) is 2.58. The quantitative estimate of drug-likeness (QED) is 0.747. The number of benzene rings is 1. The van der Waals surface area contributed by atoms with E-state index in [9.17, 15) is 0 Å². The Balaban J connectivity index is 2.41. The second kappa shape index (κ2) is 4.45. The van der Waals surface area contributed by atoms with Gasteiger partial charge in [0.15, 0.2) is 0 Å². The standard InChI is InChI=1S/C11H12ClN3/c1-2-10(12)11-8-13-14-15(11)9-6-4-3-5-7-9/h3-8,10H,2H2,1H3. The van der Waals surface area contributed by atoms with Crippen LogP contribution >= 0.6 is 11.6 Å². The molecule has 1 atom stereocenters. The monoisotopic (exact) mass is 221 g/mol. The van der Waals surface area contributed by atoms with Crippen molar-refractivity contribution >= 4 is 11.6 Å². The van der Waals surface area contributed by atoms with Crippen molar-refractivity contribution in [2.75, 3.05) is 0 Å². The second-order valence-electron chi connectivity index (χ2n) is 3.28. The lowest BCUT2D eigenvalue weighted by Crippen LogP contribution is -2.03. The molecule has 0 aliphatic carbocycles. The van der Waals surface area contributed by atoms with Crippen molar-refractivity contribution in [1.82, 2.24) is 15.0 Å². The van der Waals surface area contributed by atoms with Crippen LogP contribution in [0.15, 0.2) is 36.5 Å². The number of hydrogen-bond donors (Lipinski definition) is 0. The smallest absolute Gasteiger partial charge is 0.0824 e. The summed E-state index contributed by atoms with van der Waals surface area (Å²) in [5.74, 6) is 0. The van der Waals surface area contributed by atoms with Gasteiger partial charge in [0.1, 0.15) is 0 Å². The van der Waals surface area contributed by atoms with Crippen LogP contribution in [0.25, 0.3) is 5.69 Å². The van der Waals surface area contributed by atoms with Crippen LogP contribution in [0.5, 0.6) is 0 Å². The minimum absolute atomic E-state index is 0.0415. The first-order chi connectivity index (χ1) is 7.33. The number of hydrogen-bond acceptors (Lipinski definition) is 2. The fourth-order valence-electron chi connectivity index (χ4n) is 1.44. The summed E-state index contributed by atoms with van der Waals surface area (Å²) in [7, 11) is 0. The molecule has 78 valence electrons. The molecule has 0 aliphatic rings. The zero-order valence-electron chi connectivity index (χ0n) is 8.47. The van der Waals surface area contributed by atoms with E-state index in [4.69, 9.17) is 11.6 Å². The molecule has 4 heteroatoms. The van der Waals surface area contributed by atoms with Gasteiger partial charge in [-0.05, 0) is 18.6 Å². The van der Waals surface area contributed by atoms with Gasteiger partial charge < -0.3 is 0 Å². The van der Waals surface area contributed by atoms with Crippen LogP contribution in [-0.2, 0) is 0 Å². The molecule has 3 nitrogen and oxygen atoms in total. The highest BCUT2D eigenvalue weighted by atomic mass is 35.5. The van der Waals surface area contributed by atoms with Gasteiger partial charge in [0.25, 0.3) is 0 Å². The average Bonchev–Trinajstić information content (AvgIpc) is 2.78. The van der Waals surface area contributed by atoms with E-state index in [1.165, 1.54) is 0 Å². The Bertz CT molecular complexity index is 424. The van der Waals surface area contributed by atoms with E-state index in [-0.39, 0.29) is 5.38 Å². The predicted octanol–water partition coefficient (Wildman–Crippen LogP) is 2.96. The molecule has 1 heterocycles. The van der Waals surface area contributed by atoms with Crippen LogP contribution in [0.4, 0.5) is 0 Å². The number of nitrogens with zero attached hydrogens (tertiary/aromatic N) is 3. The molecule has 1 aromatic carbocycles. The molecule has 0 amide bonds. The van der Waals surface area contributed by atoms with Gasteiger partial charge in [-0.3, -0.25) is 0 Å². The lowest BCUT2D eigenvalue weighted by atomic mass is 10.2. The van der Waals surface area contributed by atoms with E-state index in [0.717, 1.165) is 17.8 Å². The van der Waals surface area contributed by atoms with Gasteiger partial charge in [0, 0.05) is 0 Å². The molecule has 1 unspecified atom stereocenters. The topological polar surface area (TPSA) is 30.7 Å². The van der Waals surface area contributed by atoms with Gasteiger partial charge in [-0.15, -0.1) is 16.7 Å². The zero-order chi connectivity index (χ0) is 10.7. The van der Waals surface area contributed by atoms with Crippen LogP contribution in [-0.4, -0.2) is 15.0 Å². The minimum Gasteiger partial charge on any atom is -0.216 e. The normalized spacial score (nSPS) is 12.7. The van der Waals surface area contributed by atoms with Crippen LogP contribution in [0, 0.1) is 0 Å². The van der Waals surface area contributed by atoms with Crippen molar-refractivity contribution in [2.24, 2.45) is 0 Å². The largest absolute Gasteiger partial charge is 0.216 e. The van der Waals surface area contributed by atoms with E-state index < -0.39 is 0 Å². The number of halogens is 1. The molecule has 0 N–H and O–H groups in total. The molecule has 1 aromatic heterocycles. The molecule has 0 fully saturated rings. The molecular formula is C11H12ClN3. The lowest BCUT2D eigenvalue weighted by molar-refractivity contribution is 0.733.